The van der Waals surface area contributed by atoms with E-state index in [0.717, 1.165) is 12.5 Å². The Hall–Kier alpha value is -1.08. The van der Waals surface area contributed by atoms with Crippen molar-refractivity contribution in [1.82, 2.24) is 0 Å². The number of hydrogen-bond acceptors (Lipinski definition) is 2. The van der Waals surface area contributed by atoms with Crippen molar-refractivity contribution in [1.29, 1.82) is 0 Å². The second-order valence-electron chi connectivity index (χ2n) is 5.28. The van der Waals surface area contributed by atoms with E-state index >= 15 is 0 Å². The van der Waals surface area contributed by atoms with Crippen molar-refractivity contribution in [2.45, 2.75) is 37.4 Å². The summed E-state index contributed by atoms with van der Waals surface area (Å²) in [6, 6.07) is 2.09. The summed E-state index contributed by atoms with van der Waals surface area (Å²) in [5, 5.41) is 4.50. The van der Waals surface area contributed by atoms with Gasteiger partial charge in [0.15, 0.2) is 17.5 Å². The molecule has 20 heavy (non-hydrogen) atoms. The Balaban J connectivity index is 2.13. The minimum absolute atomic E-state index is 0.0731. The fourth-order valence-electron chi connectivity index (χ4n) is 2.76. The van der Waals surface area contributed by atoms with E-state index in [-0.39, 0.29) is 17.9 Å². The van der Waals surface area contributed by atoms with Crippen LogP contribution >= 0.6 is 0 Å². The maximum absolute atomic E-state index is 13.6. The van der Waals surface area contributed by atoms with E-state index in [9.17, 15) is 21.6 Å². The summed E-state index contributed by atoms with van der Waals surface area (Å²) in [6.45, 7) is 0. The molecular weight excluding hydrogens is 291 g/mol. The molecule has 2 rings (SSSR count). The van der Waals surface area contributed by atoms with E-state index in [1.54, 1.807) is 0 Å². The summed E-state index contributed by atoms with van der Waals surface area (Å²) >= 11 is 0. The normalized spacial score (nSPS) is 23.8. The van der Waals surface area contributed by atoms with Gasteiger partial charge in [-0.1, -0.05) is 18.9 Å². The molecule has 1 saturated carbocycles. The van der Waals surface area contributed by atoms with Gasteiger partial charge < -0.3 is 0 Å². The lowest BCUT2D eigenvalue weighted by Gasteiger charge is -2.27. The Kier molecular flexibility index (Phi) is 4.39. The number of halogens is 3. The molecule has 0 saturated heterocycles. The molecule has 2 unspecified atom stereocenters. The molecule has 0 spiro atoms. The van der Waals surface area contributed by atoms with E-state index in [0.29, 0.717) is 19.3 Å². The standard InChI is InChI=1S/C13H16F3NO2S/c14-11-5-4-9(12(15)13(11)16)6-8-2-1-3-10(7-8)20(17,18)19/h4-5,8,10H,1-3,6-7H2,(H2,17,18,19). The molecule has 0 amide bonds. The predicted octanol–water partition coefficient (Wildman–Crippen LogP) is 2.49. The minimum atomic E-state index is -3.60. The second-order valence-corrected chi connectivity index (χ2v) is 7.13. The summed E-state index contributed by atoms with van der Waals surface area (Å²) in [5.41, 5.74) is 0.0731. The van der Waals surface area contributed by atoms with Crippen LogP contribution in [0.15, 0.2) is 12.1 Å². The first-order valence-electron chi connectivity index (χ1n) is 6.43. The molecule has 112 valence electrons. The number of sulfonamides is 1. The molecule has 2 N–H and O–H groups in total. The lowest BCUT2D eigenvalue weighted by atomic mass is 9.84. The zero-order valence-electron chi connectivity index (χ0n) is 10.8. The van der Waals surface area contributed by atoms with E-state index < -0.39 is 32.7 Å². The minimum Gasteiger partial charge on any atom is -0.228 e. The molecule has 0 heterocycles. The van der Waals surface area contributed by atoms with Crippen LogP contribution in [-0.2, 0) is 16.4 Å². The third-order valence-electron chi connectivity index (χ3n) is 3.82. The van der Waals surface area contributed by atoms with Gasteiger partial charge in [0, 0.05) is 0 Å². The SMILES string of the molecule is NS(=O)(=O)C1CCCC(Cc2ccc(F)c(F)c2F)C1. The molecule has 1 fully saturated rings. The first-order chi connectivity index (χ1) is 9.29. The molecule has 0 bridgehead atoms. The van der Waals surface area contributed by atoms with Gasteiger partial charge in [-0.2, -0.15) is 0 Å². The van der Waals surface area contributed by atoms with E-state index in [4.69, 9.17) is 5.14 Å². The summed E-state index contributed by atoms with van der Waals surface area (Å²) in [7, 11) is -3.60. The zero-order chi connectivity index (χ0) is 14.9. The topological polar surface area (TPSA) is 60.2 Å². The van der Waals surface area contributed by atoms with E-state index in [1.807, 2.05) is 0 Å². The van der Waals surface area contributed by atoms with Gasteiger partial charge in [0.05, 0.1) is 5.25 Å². The van der Waals surface area contributed by atoms with Crippen molar-refractivity contribution in [3.8, 4) is 0 Å². The smallest absolute Gasteiger partial charge is 0.211 e. The monoisotopic (exact) mass is 307 g/mol. The van der Waals surface area contributed by atoms with E-state index in [2.05, 4.69) is 0 Å². The van der Waals surface area contributed by atoms with Crippen LogP contribution in [0.4, 0.5) is 13.2 Å². The van der Waals surface area contributed by atoms with E-state index in [1.165, 1.54) is 6.07 Å². The molecule has 0 radical (unpaired) electrons. The van der Waals surface area contributed by atoms with Crippen molar-refractivity contribution in [3.05, 3.63) is 35.1 Å². The average Bonchev–Trinajstić information content (AvgIpc) is 2.39. The number of primary sulfonamides is 1. The van der Waals surface area contributed by atoms with Crippen molar-refractivity contribution < 1.29 is 21.6 Å². The van der Waals surface area contributed by atoms with Crippen LogP contribution in [0.1, 0.15) is 31.2 Å². The van der Waals surface area contributed by atoms with Gasteiger partial charge >= 0.3 is 0 Å². The van der Waals surface area contributed by atoms with Crippen LogP contribution in [0.5, 0.6) is 0 Å². The van der Waals surface area contributed by atoms with Crippen molar-refractivity contribution in [2.75, 3.05) is 0 Å². The molecule has 2 atom stereocenters. The predicted molar refractivity (Wildman–Crippen MR) is 68.9 cm³/mol. The molecule has 0 aliphatic heterocycles. The molecule has 1 aliphatic rings. The molecule has 3 nitrogen and oxygen atoms in total. The first kappa shape index (κ1) is 15.3. The van der Waals surface area contributed by atoms with Crippen molar-refractivity contribution >= 4 is 10.0 Å². The highest BCUT2D eigenvalue weighted by Gasteiger charge is 2.30. The van der Waals surface area contributed by atoms with Crippen LogP contribution in [0, 0.1) is 23.4 Å². The van der Waals surface area contributed by atoms with Gasteiger partial charge in [0.1, 0.15) is 0 Å². The highest BCUT2D eigenvalue weighted by atomic mass is 32.2. The lowest BCUT2D eigenvalue weighted by molar-refractivity contribution is 0.348. The number of rotatable bonds is 3. The summed E-state index contributed by atoms with van der Waals surface area (Å²) in [5.74, 6) is -3.99. The highest BCUT2D eigenvalue weighted by molar-refractivity contribution is 7.89. The third-order valence-corrected chi connectivity index (χ3v) is 5.18. The average molecular weight is 307 g/mol. The Morgan fingerprint density at radius 2 is 1.85 bits per heavy atom. The Labute approximate surface area is 116 Å². The summed E-state index contributed by atoms with van der Waals surface area (Å²) < 4.78 is 62.3. The fraction of sp³-hybridized carbons (Fsp3) is 0.538. The van der Waals surface area contributed by atoms with Crippen LogP contribution in [0.25, 0.3) is 0 Å². The fourth-order valence-corrected chi connectivity index (χ4v) is 3.80. The van der Waals surface area contributed by atoms with Crippen LogP contribution < -0.4 is 5.14 Å². The lowest BCUT2D eigenvalue weighted by Crippen LogP contribution is -2.33. The first-order valence-corrected chi connectivity index (χ1v) is 8.04. The molecule has 7 heteroatoms. The molecular formula is C13H16F3NO2S. The Morgan fingerprint density at radius 3 is 2.50 bits per heavy atom. The number of nitrogens with two attached hydrogens (primary N) is 1. The quantitative estimate of drug-likeness (QED) is 0.872. The summed E-state index contributed by atoms with van der Waals surface area (Å²) in [6.07, 6.45) is 2.42. The molecule has 1 aliphatic carbocycles. The second kappa shape index (κ2) is 5.73. The molecule has 1 aromatic rings. The van der Waals surface area contributed by atoms with Gasteiger partial charge in [-0.05, 0) is 36.8 Å². The Morgan fingerprint density at radius 1 is 1.15 bits per heavy atom. The number of hydrogen-bond donors (Lipinski definition) is 1. The van der Waals surface area contributed by atoms with Gasteiger partial charge in [0.2, 0.25) is 10.0 Å². The van der Waals surface area contributed by atoms with Crippen LogP contribution in [0.2, 0.25) is 0 Å². The van der Waals surface area contributed by atoms with Gasteiger partial charge in [0.25, 0.3) is 0 Å². The molecule has 1 aromatic carbocycles. The van der Waals surface area contributed by atoms with Gasteiger partial charge in [-0.25, -0.2) is 26.7 Å². The Bertz CT molecular complexity index is 604. The summed E-state index contributed by atoms with van der Waals surface area (Å²) in [4.78, 5) is 0. The largest absolute Gasteiger partial charge is 0.228 e. The van der Waals surface area contributed by atoms with Crippen LogP contribution in [-0.4, -0.2) is 13.7 Å². The van der Waals surface area contributed by atoms with Crippen molar-refractivity contribution in [2.24, 2.45) is 11.1 Å². The highest BCUT2D eigenvalue weighted by Crippen LogP contribution is 2.31. The zero-order valence-corrected chi connectivity index (χ0v) is 11.6. The van der Waals surface area contributed by atoms with Gasteiger partial charge in [-0.15, -0.1) is 0 Å². The third kappa shape index (κ3) is 3.32. The number of benzene rings is 1. The maximum atomic E-state index is 13.6. The maximum Gasteiger partial charge on any atom is 0.211 e. The van der Waals surface area contributed by atoms with Crippen molar-refractivity contribution in [3.63, 3.8) is 0 Å². The van der Waals surface area contributed by atoms with Crippen LogP contribution in [0.3, 0.4) is 0 Å². The van der Waals surface area contributed by atoms with Gasteiger partial charge in [-0.3, -0.25) is 0 Å². The molecule has 0 aromatic heterocycles.